The van der Waals surface area contributed by atoms with Gasteiger partial charge in [0.05, 0.1) is 0 Å². The lowest BCUT2D eigenvalue weighted by atomic mass is 10.1. The van der Waals surface area contributed by atoms with Crippen LogP contribution in [0, 0.1) is 6.92 Å². The van der Waals surface area contributed by atoms with Gasteiger partial charge >= 0.3 is 0 Å². The molecule has 0 radical (unpaired) electrons. The minimum absolute atomic E-state index is 0.0357. The Morgan fingerprint density at radius 2 is 1.81 bits per heavy atom. The molecule has 0 aliphatic rings. The number of hydrogen-bond donors (Lipinski definition) is 1. The van der Waals surface area contributed by atoms with Crippen LogP contribution >= 0.6 is 0 Å². The van der Waals surface area contributed by atoms with Gasteiger partial charge in [-0.25, -0.2) is 0 Å². The molecule has 116 valence electrons. The first-order valence-corrected chi connectivity index (χ1v) is 7.60. The fourth-order valence-corrected chi connectivity index (χ4v) is 2.33. The van der Waals surface area contributed by atoms with Gasteiger partial charge in [-0.05, 0) is 25.3 Å². The third-order valence-electron chi connectivity index (χ3n) is 3.57. The van der Waals surface area contributed by atoms with Crippen molar-refractivity contribution in [1.82, 2.24) is 10.2 Å². The Kier molecular flexibility index (Phi) is 6.92. The van der Waals surface area contributed by atoms with Crippen LogP contribution in [0.1, 0.15) is 44.2 Å². The average molecular weight is 290 g/mol. The first-order chi connectivity index (χ1) is 10.0. The Bertz CT molecular complexity index is 468. The van der Waals surface area contributed by atoms with Gasteiger partial charge in [0.2, 0.25) is 11.8 Å². The highest BCUT2D eigenvalue weighted by atomic mass is 16.2. The summed E-state index contributed by atoms with van der Waals surface area (Å²) in [5.41, 5.74) is 2.23. The Labute approximate surface area is 127 Å². The molecule has 0 spiro atoms. The van der Waals surface area contributed by atoms with Crippen molar-refractivity contribution >= 4 is 11.8 Å². The lowest BCUT2D eigenvalue weighted by Gasteiger charge is -2.30. The molecule has 21 heavy (non-hydrogen) atoms. The maximum Gasteiger partial charge on any atom is 0.242 e. The van der Waals surface area contributed by atoms with Crippen molar-refractivity contribution in [2.24, 2.45) is 0 Å². The Hall–Kier alpha value is -1.84. The van der Waals surface area contributed by atoms with E-state index < -0.39 is 6.04 Å². The van der Waals surface area contributed by atoms with E-state index in [4.69, 9.17) is 0 Å². The number of nitrogens with one attached hydrogen (secondary N) is 1. The maximum atomic E-state index is 12.4. The molecule has 0 heterocycles. The second-order valence-electron chi connectivity index (χ2n) is 5.30. The van der Waals surface area contributed by atoms with Crippen molar-refractivity contribution in [2.75, 3.05) is 7.05 Å². The summed E-state index contributed by atoms with van der Waals surface area (Å²) in [6.07, 6.45) is 1.87. The fourth-order valence-electron chi connectivity index (χ4n) is 2.33. The van der Waals surface area contributed by atoms with E-state index in [1.165, 1.54) is 5.56 Å². The van der Waals surface area contributed by atoms with E-state index in [0.717, 1.165) is 12.0 Å². The van der Waals surface area contributed by atoms with Crippen molar-refractivity contribution in [3.05, 3.63) is 35.4 Å². The molecule has 0 saturated heterocycles. The molecule has 0 saturated carbocycles. The van der Waals surface area contributed by atoms with E-state index in [1.54, 1.807) is 11.9 Å². The molecule has 1 rings (SSSR count). The molecule has 0 aromatic heterocycles. The Balaban J connectivity index is 2.97. The van der Waals surface area contributed by atoms with E-state index in [-0.39, 0.29) is 11.8 Å². The molecule has 0 aliphatic heterocycles. The largest absolute Gasteiger partial charge is 0.357 e. The van der Waals surface area contributed by atoms with Gasteiger partial charge in [-0.15, -0.1) is 0 Å². The van der Waals surface area contributed by atoms with Crippen molar-refractivity contribution in [3.63, 3.8) is 0 Å². The summed E-state index contributed by atoms with van der Waals surface area (Å²) in [5, 5.41) is 2.66. The van der Waals surface area contributed by atoms with Crippen LogP contribution in [-0.2, 0) is 16.1 Å². The van der Waals surface area contributed by atoms with Gasteiger partial charge in [0.25, 0.3) is 0 Å². The second kappa shape index (κ2) is 8.45. The fraction of sp³-hybridized carbons (Fsp3) is 0.529. The predicted molar refractivity (Wildman–Crippen MR) is 84.8 cm³/mol. The number of rotatable bonds is 7. The zero-order chi connectivity index (χ0) is 15.8. The van der Waals surface area contributed by atoms with E-state index in [1.807, 2.05) is 45.0 Å². The van der Waals surface area contributed by atoms with Gasteiger partial charge in [-0.3, -0.25) is 9.59 Å². The number of amides is 2. The lowest BCUT2D eigenvalue weighted by Crippen LogP contribution is -2.48. The van der Waals surface area contributed by atoms with Gasteiger partial charge in [0.15, 0.2) is 0 Å². The van der Waals surface area contributed by atoms with Crippen LogP contribution in [-0.4, -0.2) is 29.8 Å². The molecule has 1 N–H and O–H groups in total. The van der Waals surface area contributed by atoms with E-state index in [2.05, 4.69) is 5.32 Å². The van der Waals surface area contributed by atoms with Crippen LogP contribution in [0.5, 0.6) is 0 Å². The molecule has 0 bridgehead atoms. The quantitative estimate of drug-likeness (QED) is 0.839. The molecule has 2 amide bonds. The number of aryl methyl sites for hydroxylation is 1. The first-order valence-electron chi connectivity index (χ1n) is 7.60. The number of nitrogens with zero attached hydrogens (tertiary/aromatic N) is 1. The molecule has 0 fully saturated rings. The number of hydrogen-bond acceptors (Lipinski definition) is 2. The molecule has 0 aliphatic carbocycles. The van der Waals surface area contributed by atoms with Crippen LogP contribution in [0.3, 0.4) is 0 Å². The third kappa shape index (κ3) is 4.88. The molecule has 0 unspecified atom stereocenters. The summed E-state index contributed by atoms with van der Waals surface area (Å²) in [6, 6.07) is 7.67. The normalized spacial score (nSPS) is 11.8. The molecule has 4 heteroatoms. The number of carbonyl (C=O) groups excluding carboxylic acids is 2. The minimum Gasteiger partial charge on any atom is -0.357 e. The number of likely N-dealkylation sites (N-methyl/N-ethyl adjacent to an activating group) is 1. The minimum atomic E-state index is -0.407. The van der Waals surface area contributed by atoms with Crippen LogP contribution in [0.25, 0.3) is 0 Å². The molecular weight excluding hydrogens is 264 g/mol. The highest BCUT2D eigenvalue weighted by Gasteiger charge is 2.27. The third-order valence-corrected chi connectivity index (χ3v) is 3.57. The summed E-state index contributed by atoms with van der Waals surface area (Å²) >= 11 is 0. The number of benzene rings is 1. The number of carbonyl (C=O) groups is 2. The van der Waals surface area contributed by atoms with Crippen molar-refractivity contribution in [1.29, 1.82) is 0 Å². The van der Waals surface area contributed by atoms with E-state index in [9.17, 15) is 9.59 Å². The molecule has 1 aromatic carbocycles. The SMILES string of the molecule is CCCC(=O)N(Cc1ccc(C)cc1)[C@@H](CC)C(=O)NC. The summed E-state index contributed by atoms with van der Waals surface area (Å²) in [6.45, 7) is 6.41. The van der Waals surface area contributed by atoms with E-state index >= 15 is 0 Å². The van der Waals surface area contributed by atoms with Crippen LogP contribution in [0.15, 0.2) is 24.3 Å². The van der Waals surface area contributed by atoms with Crippen molar-refractivity contribution in [2.45, 2.75) is 52.6 Å². The Morgan fingerprint density at radius 1 is 1.19 bits per heavy atom. The van der Waals surface area contributed by atoms with Crippen LogP contribution < -0.4 is 5.32 Å². The van der Waals surface area contributed by atoms with Gasteiger partial charge in [-0.2, -0.15) is 0 Å². The van der Waals surface area contributed by atoms with Gasteiger partial charge in [0.1, 0.15) is 6.04 Å². The lowest BCUT2D eigenvalue weighted by molar-refractivity contribution is -0.141. The van der Waals surface area contributed by atoms with Gasteiger partial charge in [-0.1, -0.05) is 43.7 Å². The zero-order valence-electron chi connectivity index (χ0n) is 13.5. The summed E-state index contributed by atoms with van der Waals surface area (Å²) < 4.78 is 0. The smallest absolute Gasteiger partial charge is 0.242 e. The van der Waals surface area contributed by atoms with Crippen molar-refractivity contribution in [3.8, 4) is 0 Å². The van der Waals surface area contributed by atoms with Gasteiger partial charge < -0.3 is 10.2 Å². The molecule has 1 atom stereocenters. The highest BCUT2D eigenvalue weighted by molar-refractivity contribution is 5.87. The standard InChI is InChI=1S/C17H26N2O2/c1-5-7-16(20)19(15(6-2)17(21)18-4)12-14-10-8-13(3)9-11-14/h8-11,15H,5-7,12H2,1-4H3,(H,18,21)/t15-/m0/s1. The van der Waals surface area contributed by atoms with Crippen LogP contribution in [0.4, 0.5) is 0 Å². The van der Waals surface area contributed by atoms with Crippen LogP contribution in [0.2, 0.25) is 0 Å². The maximum absolute atomic E-state index is 12.4. The molecule has 4 nitrogen and oxygen atoms in total. The predicted octanol–water partition coefficient (Wildman–Crippen LogP) is 2.65. The Morgan fingerprint density at radius 3 is 2.29 bits per heavy atom. The monoisotopic (exact) mass is 290 g/mol. The summed E-state index contributed by atoms with van der Waals surface area (Å²) in [4.78, 5) is 26.1. The average Bonchev–Trinajstić information content (AvgIpc) is 2.48. The second-order valence-corrected chi connectivity index (χ2v) is 5.30. The summed E-state index contributed by atoms with van der Waals surface area (Å²) in [5.74, 6) is -0.0670. The summed E-state index contributed by atoms with van der Waals surface area (Å²) in [7, 11) is 1.61. The van der Waals surface area contributed by atoms with Crippen molar-refractivity contribution < 1.29 is 9.59 Å². The zero-order valence-corrected chi connectivity index (χ0v) is 13.5. The first kappa shape index (κ1) is 17.2. The molecular formula is C17H26N2O2. The van der Waals surface area contributed by atoms with E-state index in [0.29, 0.717) is 19.4 Å². The topological polar surface area (TPSA) is 49.4 Å². The molecule has 1 aromatic rings. The van der Waals surface area contributed by atoms with Gasteiger partial charge in [0, 0.05) is 20.0 Å². The highest BCUT2D eigenvalue weighted by Crippen LogP contribution is 2.14.